The molecule has 3 aromatic rings. The van der Waals surface area contributed by atoms with Crippen LogP contribution in [0.25, 0.3) is 0 Å². The molecule has 0 spiro atoms. The Labute approximate surface area is 271 Å². The Morgan fingerprint density at radius 3 is 2.29 bits per heavy atom. The van der Waals surface area contributed by atoms with Gasteiger partial charge in [0.05, 0.1) is 43.8 Å². The summed E-state index contributed by atoms with van der Waals surface area (Å²) in [4.78, 5) is 38.4. The van der Waals surface area contributed by atoms with E-state index < -0.39 is 40.8 Å². The van der Waals surface area contributed by atoms with Crippen LogP contribution in [0.2, 0.25) is 0 Å². The van der Waals surface area contributed by atoms with Crippen molar-refractivity contribution in [2.75, 3.05) is 63.3 Å². The van der Waals surface area contributed by atoms with Crippen molar-refractivity contribution in [2.24, 2.45) is 0 Å². The minimum absolute atomic E-state index is 0.0379. The molecule has 5 rings (SSSR count). The van der Waals surface area contributed by atoms with Crippen molar-refractivity contribution in [1.82, 2.24) is 29.5 Å². The lowest BCUT2D eigenvalue weighted by Crippen LogP contribution is -2.60. The quantitative estimate of drug-likeness (QED) is 0.211. The Morgan fingerprint density at radius 2 is 1.67 bits per heavy atom. The Bertz CT molecular complexity index is 1610. The first-order valence-corrected chi connectivity index (χ1v) is 15.1. The molecule has 2 saturated heterocycles. The van der Waals surface area contributed by atoms with Crippen LogP contribution >= 0.6 is 0 Å². The zero-order chi connectivity index (χ0) is 34.6. The third kappa shape index (κ3) is 8.08. The molecule has 12 nitrogen and oxygen atoms in total. The number of hydrogen-bond acceptors (Lipinski definition) is 9. The average molecular weight is 685 g/mol. The Balaban J connectivity index is 1.05. The topological polar surface area (TPSA) is 118 Å². The number of alkyl halides is 6. The summed E-state index contributed by atoms with van der Waals surface area (Å²) in [6, 6.07) is 5.67. The number of anilines is 2. The van der Waals surface area contributed by atoms with E-state index in [9.17, 15) is 35.9 Å². The number of halogens is 6. The molecule has 4 heterocycles. The number of ether oxygens (including phenoxy) is 2. The molecular formula is C30H34F6N8O4. The molecule has 1 atom stereocenters. The van der Waals surface area contributed by atoms with E-state index in [0.717, 1.165) is 23.3 Å². The van der Waals surface area contributed by atoms with Crippen molar-refractivity contribution in [3.63, 3.8) is 0 Å². The Hall–Kier alpha value is -4.61. The number of nitrogens with one attached hydrogen (secondary N) is 1. The number of carbonyl (C=O) groups excluding carboxylic acids is 1. The van der Waals surface area contributed by atoms with Crippen molar-refractivity contribution < 1.29 is 40.6 Å². The number of amides is 2. The SMILES string of the molecule is COc1ccc(Cn2ncc(NC(C)COCCCN3CCN(C4CN(c5ncc(C(F)(F)F)cn5)C4)C3=O)c(C(F)(F)F)c2=O)cc1. The highest BCUT2D eigenvalue weighted by molar-refractivity contribution is 5.77. The average Bonchev–Trinajstić information content (AvgIpc) is 3.36. The third-order valence-corrected chi connectivity index (χ3v) is 7.98. The van der Waals surface area contributed by atoms with Gasteiger partial charge >= 0.3 is 18.4 Å². The minimum atomic E-state index is -4.92. The number of nitrogens with zero attached hydrogens (tertiary/aromatic N) is 7. The molecule has 0 saturated carbocycles. The zero-order valence-corrected chi connectivity index (χ0v) is 26.1. The van der Waals surface area contributed by atoms with Crippen molar-refractivity contribution in [3.8, 4) is 5.75 Å². The maximum absolute atomic E-state index is 14.0. The van der Waals surface area contributed by atoms with Gasteiger partial charge in [-0.3, -0.25) is 4.79 Å². The van der Waals surface area contributed by atoms with Crippen molar-refractivity contribution >= 4 is 17.7 Å². The van der Waals surface area contributed by atoms with Gasteiger partial charge in [0.25, 0.3) is 5.56 Å². The molecule has 0 aliphatic carbocycles. The Morgan fingerprint density at radius 1 is 0.979 bits per heavy atom. The summed E-state index contributed by atoms with van der Waals surface area (Å²) in [7, 11) is 1.49. The highest BCUT2D eigenvalue weighted by Crippen LogP contribution is 2.32. The predicted molar refractivity (Wildman–Crippen MR) is 161 cm³/mol. The maximum atomic E-state index is 14.0. The van der Waals surface area contributed by atoms with Crippen LogP contribution in [0.15, 0.2) is 47.7 Å². The second-order valence-electron chi connectivity index (χ2n) is 11.5. The fourth-order valence-corrected chi connectivity index (χ4v) is 5.41. The highest BCUT2D eigenvalue weighted by Gasteiger charge is 2.41. The molecule has 2 fully saturated rings. The molecule has 2 aromatic heterocycles. The van der Waals surface area contributed by atoms with Crippen LogP contribution in [0.5, 0.6) is 5.75 Å². The van der Waals surface area contributed by atoms with Crippen LogP contribution in [0.1, 0.15) is 30.0 Å². The lowest BCUT2D eigenvalue weighted by Gasteiger charge is -2.43. The predicted octanol–water partition coefficient (Wildman–Crippen LogP) is 3.96. The first-order chi connectivity index (χ1) is 22.7. The molecule has 48 heavy (non-hydrogen) atoms. The zero-order valence-electron chi connectivity index (χ0n) is 26.1. The van der Waals surface area contributed by atoms with E-state index in [0.29, 0.717) is 50.5 Å². The fourth-order valence-electron chi connectivity index (χ4n) is 5.41. The fraction of sp³-hybridized carbons (Fsp3) is 0.500. The van der Waals surface area contributed by atoms with Crippen molar-refractivity contribution in [3.05, 3.63) is 69.9 Å². The summed E-state index contributed by atoms with van der Waals surface area (Å²) in [5, 5.41) is 6.63. The maximum Gasteiger partial charge on any atom is 0.423 e. The number of benzene rings is 1. The van der Waals surface area contributed by atoms with Gasteiger partial charge in [-0.1, -0.05) is 12.1 Å². The van der Waals surface area contributed by atoms with E-state index in [2.05, 4.69) is 20.4 Å². The van der Waals surface area contributed by atoms with Crippen molar-refractivity contribution in [1.29, 1.82) is 0 Å². The van der Waals surface area contributed by atoms with E-state index in [-0.39, 0.29) is 37.8 Å². The molecule has 2 aliphatic rings. The van der Waals surface area contributed by atoms with Gasteiger partial charge in [0.1, 0.15) is 11.3 Å². The standard InChI is InChI=1S/C30H34F6N8O4/c1-19(40-24-14-39-44(26(45)25(24)30(34,35)36)15-20-4-6-23(47-2)7-5-20)18-48-11-3-8-41-9-10-43(28(41)46)22-16-42(17-22)27-37-12-21(13-38-27)29(31,32)33/h4-7,12-14,19,22,40H,3,8-11,15-18H2,1-2H3. The summed E-state index contributed by atoms with van der Waals surface area (Å²) in [6.45, 7) is 3.96. The lowest BCUT2D eigenvalue weighted by molar-refractivity contribution is -0.139. The third-order valence-electron chi connectivity index (χ3n) is 7.98. The molecule has 0 radical (unpaired) electrons. The largest absolute Gasteiger partial charge is 0.497 e. The van der Waals surface area contributed by atoms with Gasteiger partial charge in [0.15, 0.2) is 0 Å². The number of rotatable bonds is 13. The number of aromatic nitrogens is 4. The molecule has 1 unspecified atom stereocenters. The molecule has 2 amide bonds. The van der Waals surface area contributed by atoms with E-state index >= 15 is 0 Å². The van der Waals surface area contributed by atoms with Crippen LogP contribution in [-0.4, -0.2) is 101 Å². The van der Waals surface area contributed by atoms with Crippen LogP contribution in [-0.2, 0) is 23.6 Å². The minimum Gasteiger partial charge on any atom is -0.497 e. The van der Waals surface area contributed by atoms with Gasteiger partial charge in [0, 0.05) is 57.8 Å². The van der Waals surface area contributed by atoms with E-state index in [1.54, 1.807) is 45.9 Å². The van der Waals surface area contributed by atoms with Gasteiger partial charge in [-0.25, -0.2) is 19.4 Å². The van der Waals surface area contributed by atoms with Crippen LogP contribution in [0, 0.1) is 0 Å². The summed E-state index contributed by atoms with van der Waals surface area (Å²) >= 11 is 0. The lowest BCUT2D eigenvalue weighted by atomic mass is 10.1. The van der Waals surface area contributed by atoms with Gasteiger partial charge in [-0.15, -0.1) is 0 Å². The monoisotopic (exact) mass is 684 g/mol. The van der Waals surface area contributed by atoms with Crippen LogP contribution in [0.4, 0.5) is 42.8 Å². The van der Waals surface area contributed by atoms with E-state index in [1.165, 1.54) is 7.11 Å². The smallest absolute Gasteiger partial charge is 0.423 e. The summed E-state index contributed by atoms with van der Waals surface area (Å²) in [6.07, 6.45) is -6.51. The highest BCUT2D eigenvalue weighted by atomic mass is 19.4. The van der Waals surface area contributed by atoms with E-state index in [4.69, 9.17) is 9.47 Å². The summed E-state index contributed by atoms with van der Waals surface area (Å²) in [5.41, 5.74) is -3.43. The second kappa shape index (κ2) is 14.2. The second-order valence-corrected chi connectivity index (χ2v) is 11.5. The van der Waals surface area contributed by atoms with Gasteiger partial charge in [0.2, 0.25) is 5.95 Å². The molecule has 1 N–H and O–H groups in total. The normalized spacial score (nSPS) is 16.3. The molecule has 18 heteroatoms. The Kier molecular flexibility index (Phi) is 10.3. The number of urea groups is 1. The number of hydrogen-bond donors (Lipinski definition) is 1. The molecular weight excluding hydrogens is 650 g/mol. The van der Waals surface area contributed by atoms with Gasteiger partial charge in [-0.05, 0) is 31.0 Å². The van der Waals surface area contributed by atoms with Gasteiger partial charge in [-0.2, -0.15) is 31.4 Å². The molecule has 1 aromatic carbocycles. The van der Waals surface area contributed by atoms with Crippen molar-refractivity contribution in [2.45, 2.75) is 44.3 Å². The van der Waals surface area contributed by atoms with Crippen LogP contribution in [0.3, 0.4) is 0 Å². The number of carbonyl (C=O) groups is 1. The van der Waals surface area contributed by atoms with Gasteiger partial charge < -0.3 is 29.5 Å². The molecule has 260 valence electrons. The summed E-state index contributed by atoms with van der Waals surface area (Å²) in [5.74, 6) is 0.738. The first kappa shape index (κ1) is 34.7. The molecule has 0 bridgehead atoms. The van der Waals surface area contributed by atoms with E-state index in [1.807, 2.05) is 0 Å². The first-order valence-electron chi connectivity index (χ1n) is 15.1. The summed E-state index contributed by atoms with van der Waals surface area (Å²) < 4.78 is 91.6. The number of methoxy groups -OCH3 is 1. The molecule has 2 aliphatic heterocycles. The van der Waals surface area contributed by atoms with Crippen LogP contribution < -0.4 is 20.5 Å².